The van der Waals surface area contributed by atoms with Gasteiger partial charge in [0.05, 0.1) is 40.7 Å². The van der Waals surface area contributed by atoms with Crippen LogP contribution in [0.4, 0.5) is 0 Å². The summed E-state index contributed by atoms with van der Waals surface area (Å²) in [6, 6.07) is 1.59. The lowest BCUT2D eigenvalue weighted by Gasteiger charge is -2.11. The molecule has 1 N–H and O–H groups in total. The Balaban J connectivity index is 1.86. The average molecular weight is 372 g/mol. The highest BCUT2D eigenvalue weighted by Crippen LogP contribution is 2.41. The maximum atomic E-state index is 12.6. The number of nitrogens with zero attached hydrogens (tertiary/aromatic N) is 3. The lowest BCUT2D eigenvalue weighted by Crippen LogP contribution is -2.24. The first-order valence-corrected chi connectivity index (χ1v) is 10.5. The molecule has 2 aromatic heterocycles. The van der Waals surface area contributed by atoms with E-state index in [9.17, 15) is 13.2 Å². The van der Waals surface area contributed by atoms with Crippen LogP contribution in [0.25, 0.3) is 11.0 Å². The molecule has 0 bridgehead atoms. The molecule has 2 fully saturated rings. The Morgan fingerprint density at radius 3 is 2.81 bits per heavy atom. The highest BCUT2D eigenvalue weighted by Gasteiger charge is 2.33. The number of pyridine rings is 1. The molecular formula is C18H20N4O3S. The molecule has 3 heterocycles. The second kappa shape index (κ2) is 6.09. The van der Waals surface area contributed by atoms with Gasteiger partial charge in [0.25, 0.3) is 5.91 Å². The van der Waals surface area contributed by atoms with Crippen molar-refractivity contribution in [3.8, 4) is 12.3 Å². The van der Waals surface area contributed by atoms with Gasteiger partial charge in [-0.2, -0.15) is 5.10 Å². The summed E-state index contributed by atoms with van der Waals surface area (Å²) in [5, 5.41) is 7.94. The fourth-order valence-electron chi connectivity index (χ4n) is 3.55. The van der Waals surface area contributed by atoms with Gasteiger partial charge < -0.3 is 5.32 Å². The number of carbonyl (C=O) groups excluding carboxylic acids is 1. The van der Waals surface area contributed by atoms with Crippen molar-refractivity contribution in [2.75, 3.05) is 18.1 Å². The van der Waals surface area contributed by atoms with E-state index in [1.54, 1.807) is 4.68 Å². The van der Waals surface area contributed by atoms with E-state index in [2.05, 4.69) is 16.3 Å². The summed E-state index contributed by atoms with van der Waals surface area (Å²) in [7, 11) is -3.05. The fourth-order valence-corrected chi connectivity index (χ4v) is 5.24. The van der Waals surface area contributed by atoms with Gasteiger partial charge in [0.1, 0.15) is 0 Å². The minimum atomic E-state index is -3.05. The minimum Gasteiger partial charge on any atom is -0.341 e. The van der Waals surface area contributed by atoms with Gasteiger partial charge in [-0.3, -0.25) is 4.79 Å². The number of rotatable bonds is 4. The molecule has 1 aliphatic carbocycles. The molecule has 0 aromatic carbocycles. The summed E-state index contributed by atoms with van der Waals surface area (Å²) in [6.45, 7) is 1.97. The number of aryl methyl sites for hydroxylation is 1. The van der Waals surface area contributed by atoms with E-state index >= 15 is 0 Å². The summed E-state index contributed by atoms with van der Waals surface area (Å²) < 4.78 is 25.5. The molecule has 0 radical (unpaired) electrons. The first kappa shape index (κ1) is 17.0. The third kappa shape index (κ3) is 2.97. The van der Waals surface area contributed by atoms with Crippen molar-refractivity contribution in [2.24, 2.45) is 0 Å². The molecule has 2 aromatic rings. The number of terminal acetylenes is 1. The minimum absolute atomic E-state index is 0.0666. The van der Waals surface area contributed by atoms with Gasteiger partial charge in [-0.05, 0) is 32.3 Å². The van der Waals surface area contributed by atoms with Crippen molar-refractivity contribution in [1.29, 1.82) is 0 Å². The zero-order valence-electron chi connectivity index (χ0n) is 14.5. The number of carbonyl (C=O) groups is 1. The number of hydrogen-bond acceptors (Lipinski definition) is 5. The van der Waals surface area contributed by atoms with Gasteiger partial charge in [0.15, 0.2) is 15.5 Å². The van der Waals surface area contributed by atoms with Crippen molar-refractivity contribution in [1.82, 2.24) is 20.1 Å². The van der Waals surface area contributed by atoms with E-state index in [1.807, 2.05) is 13.0 Å². The fraction of sp³-hybridized carbons (Fsp3) is 0.500. The zero-order chi connectivity index (χ0) is 18.5. The van der Waals surface area contributed by atoms with Crippen LogP contribution in [0.3, 0.4) is 0 Å². The largest absolute Gasteiger partial charge is 0.341 e. The van der Waals surface area contributed by atoms with Gasteiger partial charge in [-0.15, -0.1) is 6.42 Å². The molecule has 1 atom stereocenters. The van der Waals surface area contributed by atoms with E-state index in [0.717, 1.165) is 18.5 Å². The van der Waals surface area contributed by atoms with Crippen LogP contribution >= 0.6 is 0 Å². The van der Waals surface area contributed by atoms with Crippen molar-refractivity contribution in [3.63, 3.8) is 0 Å². The monoisotopic (exact) mass is 372 g/mol. The number of nitrogens with one attached hydrogen (secondary N) is 1. The van der Waals surface area contributed by atoms with Crippen LogP contribution in [0.1, 0.15) is 53.0 Å². The number of amides is 1. The average Bonchev–Trinajstić information content (AvgIpc) is 3.32. The van der Waals surface area contributed by atoms with Gasteiger partial charge in [0.2, 0.25) is 0 Å². The van der Waals surface area contributed by atoms with E-state index in [4.69, 9.17) is 11.4 Å². The van der Waals surface area contributed by atoms with Gasteiger partial charge in [-0.1, -0.05) is 5.92 Å². The molecule has 4 rings (SSSR count). The standard InChI is InChI=1S/C18H20N4O3S/c1-3-7-19-18(23)14-9-15(12-4-5-12)20-17-16(14)11(2)21-22(17)13-6-8-26(24,25)10-13/h1,9,12-13H,4-8,10H2,2H3,(H,19,23)/t13-/m0/s1. The highest BCUT2D eigenvalue weighted by molar-refractivity contribution is 7.91. The molecule has 26 heavy (non-hydrogen) atoms. The quantitative estimate of drug-likeness (QED) is 0.818. The van der Waals surface area contributed by atoms with Crippen LogP contribution in [-0.2, 0) is 9.84 Å². The van der Waals surface area contributed by atoms with Gasteiger partial charge in [-0.25, -0.2) is 18.1 Å². The van der Waals surface area contributed by atoms with E-state index in [1.165, 1.54) is 0 Å². The lowest BCUT2D eigenvalue weighted by atomic mass is 10.1. The lowest BCUT2D eigenvalue weighted by molar-refractivity contribution is 0.0960. The molecular weight excluding hydrogens is 352 g/mol. The van der Waals surface area contributed by atoms with Crippen LogP contribution in [0.15, 0.2) is 6.07 Å². The van der Waals surface area contributed by atoms with Gasteiger partial charge in [0, 0.05) is 11.6 Å². The SMILES string of the molecule is C#CCNC(=O)c1cc(C2CC2)nc2c1c(C)nn2[C@H]1CCS(=O)(=O)C1. The van der Waals surface area contributed by atoms with Crippen LogP contribution < -0.4 is 5.32 Å². The Morgan fingerprint density at radius 1 is 1.42 bits per heavy atom. The molecule has 2 aliphatic rings. The third-order valence-electron chi connectivity index (χ3n) is 5.00. The first-order chi connectivity index (χ1) is 12.4. The van der Waals surface area contributed by atoms with Crippen molar-refractivity contribution < 1.29 is 13.2 Å². The highest BCUT2D eigenvalue weighted by atomic mass is 32.2. The van der Waals surface area contributed by atoms with Gasteiger partial charge >= 0.3 is 0 Å². The predicted molar refractivity (Wildman–Crippen MR) is 97.7 cm³/mol. The number of sulfone groups is 1. The second-order valence-corrected chi connectivity index (χ2v) is 9.27. The summed E-state index contributed by atoms with van der Waals surface area (Å²) >= 11 is 0. The predicted octanol–water partition coefficient (Wildman–Crippen LogP) is 1.34. The molecule has 1 saturated carbocycles. The van der Waals surface area contributed by atoms with Crippen LogP contribution in [0.2, 0.25) is 0 Å². The topological polar surface area (TPSA) is 93.9 Å². The Hall–Kier alpha value is -2.40. The van der Waals surface area contributed by atoms with E-state index in [0.29, 0.717) is 34.6 Å². The normalized spacial score (nSPS) is 21.6. The van der Waals surface area contributed by atoms with Crippen molar-refractivity contribution in [3.05, 3.63) is 23.0 Å². The van der Waals surface area contributed by atoms with Crippen molar-refractivity contribution >= 4 is 26.8 Å². The Bertz CT molecular complexity index is 1040. The van der Waals surface area contributed by atoms with Crippen LogP contribution in [0.5, 0.6) is 0 Å². The van der Waals surface area contributed by atoms with E-state index in [-0.39, 0.29) is 30.0 Å². The van der Waals surface area contributed by atoms with Crippen LogP contribution in [-0.4, -0.2) is 47.1 Å². The molecule has 7 nitrogen and oxygen atoms in total. The maximum absolute atomic E-state index is 12.6. The summed E-state index contributed by atoms with van der Waals surface area (Å²) in [6.07, 6.45) is 7.87. The van der Waals surface area contributed by atoms with Crippen LogP contribution in [0, 0.1) is 19.3 Å². The molecule has 1 saturated heterocycles. The number of aromatic nitrogens is 3. The Morgan fingerprint density at radius 2 is 2.19 bits per heavy atom. The van der Waals surface area contributed by atoms with Crippen molar-refractivity contribution in [2.45, 2.75) is 38.1 Å². The molecule has 0 unspecified atom stereocenters. The second-order valence-electron chi connectivity index (χ2n) is 7.04. The third-order valence-corrected chi connectivity index (χ3v) is 6.75. The number of hydrogen-bond donors (Lipinski definition) is 1. The smallest absolute Gasteiger partial charge is 0.252 e. The maximum Gasteiger partial charge on any atom is 0.252 e. The molecule has 0 spiro atoms. The Labute approximate surface area is 152 Å². The summed E-state index contributed by atoms with van der Waals surface area (Å²) in [4.78, 5) is 17.4. The molecule has 136 valence electrons. The summed E-state index contributed by atoms with van der Waals surface area (Å²) in [5.74, 6) is 2.74. The Kier molecular flexibility index (Phi) is 3.99. The first-order valence-electron chi connectivity index (χ1n) is 8.71. The molecule has 1 amide bonds. The molecule has 1 aliphatic heterocycles. The zero-order valence-corrected chi connectivity index (χ0v) is 15.3. The molecule has 8 heteroatoms. The summed E-state index contributed by atoms with van der Waals surface area (Å²) in [5.41, 5.74) is 2.65. The number of fused-ring (bicyclic) bond motifs is 1. The van der Waals surface area contributed by atoms with E-state index < -0.39 is 9.84 Å².